The molecule has 0 fully saturated rings. The Morgan fingerprint density at radius 2 is 1.87 bits per heavy atom. The number of anilines is 1. The summed E-state index contributed by atoms with van der Waals surface area (Å²) in [6, 6.07) is 19.6. The first-order chi connectivity index (χ1) is 15.0. The number of rotatable bonds is 6. The van der Waals surface area contributed by atoms with Crippen molar-refractivity contribution in [2.45, 2.75) is 31.2 Å². The van der Waals surface area contributed by atoms with Crippen LogP contribution in [0.25, 0.3) is 17.1 Å². The van der Waals surface area contributed by atoms with Crippen LogP contribution in [0.2, 0.25) is 0 Å². The van der Waals surface area contributed by atoms with E-state index in [0.29, 0.717) is 11.0 Å². The van der Waals surface area contributed by atoms with E-state index in [0.717, 1.165) is 28.1 Å². The van der Waals surface area contributed by atoms with E-state index in [9.17, 15) is 4.79 Å². The van der Waals surface area contributed by atoms with Crippen molar-refractivity contribution < 1.29 is 4.79 Å². The van der Waals surface area contributed by atoms with Crippen LogP contribution in [-0.4, -0.2) is 30.9 Å². The molecule has 0 aliphatic heterocycles. The highest BCUT2D eigenvalue weighted by molar-refractivity contribution is 8.00. The molecule has 31 heavy (non-hydrogen) atoms. The number of aromatic nitrogens is 4. The van der Waals surface area contributed by atoms with E-state index >= 15 is 0 Å². The molecule has 0 aliphatic carbocycles. The Kier molecular flexibility index (Phi) is 6.13. The number of hydrogen-bond donors (Lipinski definition) is 1. The summed E-state index contributed by atoms with van der Waals surface area (Å²) in [5.41, 5.74) is 4.81. The number of hydrogen-bond acceptors (Lipinski definition) is 5. The number of aryl methyl sites for hydroxylation is 2. The topological polar surface area (TPSA) is 72.7 Å². The Hall–Kier alpha value is -3.45. The van der Waals surface area contributed by atoms with Gasteiger partial charge in [-0.3, -0.25) is 14.3 Å². The van der Waals surface area contributed by atoms with Gasteiger partial charge in [-0.05, 0) is 62.2 Å². The number of carbonyl (C=O) groups excluding carboxylic acids is 1. The predicted molar refractivity (Wildman–Crippen MR) is 124 cm³/mol. The minimum Gasteiger partial charge on any atom is -0.325 e. The lowest BCUT2D eigenvalue weighted by atomic mass is 10.2. The number of thioether (sulfide) groups is 1. The van der Waals surface area contributed by atoms with E-state index < -0.39 is 0 Å². The molecule has 156 valence electrons. The molecular weight excluding hydrogens is 406 g/mol. The SMILES string of the molecule is Cc1cccc(NC(=O)C(C)Sc2nnc(-c3cccnc3)n2-c2ccccc2C)c1. The van der Waals surface area contributed by atoms with Gasteiger partial charge in [0.1, 0.15) is 0 Å². The van der Waals surface area contributed by atoms with E-state index in [4.69, 9.17) is 0 Å². The number of nitrogens with one attached hydrogen (secondary N) is 1. The molecule has 4 aromatic rings. The molecule has 0 saturated heterocycles. The molecule has 0 aliphatic rings. The molecule has 1 unspecified atom stereocenters. The van der Waals surface area contributed by atoms with Gasteiger partial charge in [-0.2, -0.15) is 0 Å². The summed E-state index contributed by atoms with van der Waals surface area (Å²) in [6.07, 6.45) is 3.49. The predicted octanol–water partition coefficient (Wildman–Crippen LogP) is 5.07. The van der Waals surface area contributed by atoms with Gasteiger partial charge in [0.25, 0.3) is 0 Å². The van der Waals surface area contributed by atoms with E-state index in [1.165, 1.54) is 11.8 Å². The first-order valence-corrected chi connectivity index (χ1v) is 10.9. The number of nitrogens with zero attached hydrogens (tertiary/aromatic N) is 4. The van der Waals surface area contributed by atoms with Gasteiger partial charge in [-0.1, -0.05) is 42.1 Å². The molecule has 2 aromatic heterocycles. The summed E-state index contributed by atoms with van der Waals surface area (Å²) < 4.78 is 1.99. The monoisotopic (exact) mass is 429 g/mol. The van der Waals surface area contributed by atoms with Crippen molar-refractivity contribution in [1.29, 1.82) is 0 Å². The third-order valence-electron chi connectivity index (χ3n) is 4.85. The average Bonchev–Trinajstić information content (AvgIpc) is 3.18. The Morgan fingerprint density at radius 3 is 2.61 bits per heavy atom. The van der Waals surface area contributed by atoms with Gasteiger partial charge in [0.15, 0.2) is 11.0 Å². The van der Waals surface area contributed by atoms with Gasteiger partial charge in [0, 0.05) is 23.6 Å². The highest BCUT2D eigenvalue weighted by atomic mass is 32.2. The van der Waals surface area contributed by atoms with Crippen molar-refractivity contribution >= 4 is 23.4 Å². The van der Waals surface area contributed by atoms with Crippen LogP contribution in [0.3, 0.4) is 0 Å². The van der Waals surface area contributed by atoms with E-state index in [-0.39, 0.29) is 11.2 Å². The Morgan fingerprint density at radius 1 is 1.03 bits per heavy atom. The Labute approximate surface area is 185 Å². The van der Waals surface area contributed by atoms with E-state index in [1.807, 2.05) is 86.0 Å². The zero-order chi connectivity index (χ0) is 21.8. The Balaban J connectivity index is 1.66. The molecular formula is C24H23N5OS. The molecule has 0 bridgehead atoms. The molecule has 0 spiro atoms. The molecule has 2 aromatic carbocycles. The second-order valence-corrected chi connectivity index (χ2v) is 8.60. The fraction of sp³-hybridized carbons (Fsp3) is 0.167. The summed E-state index contributed by atoms with van der Waals surface area (Å²) in [5.74, 6) is 0.606. The minimum absolute atomic E-state index is 0.0853. The molecule has 0 saturated carbocycles. The summed E-state index contributed by atoms with van der Waals surface area (Å²) in [6.45, 7) is 5.92. The van der Waals surface area contributed by atoms with E-state index in [2.05, 4.69) is 20.5 Å². The lowest BCUT2D eigenvalue weighted by molar-refractivity contribution is -0.115. The zero-order valence-electron chi connectivity index (χ0n) is 17.6. The molecule has 7 heteroatoms. The van der Waals surface area contributed by atoms with Crippen LogP contribution in [0.15, 0.2) is 78.2 Å². The molecule has 4 rings (SSSR count). The first-order valence-electron chi connectivity index (χ1n) is 9.99. The van der Waals surface area contributed by atoms with Gasteiger partial charge in [0.2, 0.25) is 5.91 Å². The number of benzene rings is 2. The lowest BCUT2D eigenvalue weighted by Crippen LogP contribution is -2.23. The maximum absolute atomic E-state index is 12.8. The molecule has 6 nitrogen and oxygen atoms in total. The molecule has 1 N–H and O–H groups in total. The van der Waals surface area contributed by atoms with Crippen LogP contribution in [0.1, 0.15) is 18.1 Å². The van der Waals surface area contributed by atoms with E-state index in [1.54, 1.807) is 12.4 Å². The average molecular weight is 430 g/mol. The third kappa shape index (κ3) is 4.67. The van der Waals surface area contributed by atoms with Gasteiger partial charge in [-0.25, -0.2) is 0 Å². The lowest BCUT2D eigenvalue weighted by Gasteiger charge is -2.15. The van der Waals surface area contributed by atoms with Crippen LogP contribution in [0.4, 0.5) is 5.69 Å². The van der Waals surface area contributed by atoms with Crippen molar-refractivity contribution in [2.24, 2.45) is 0 Å². The maximum atomic E-state index is 12.8. The Bertz CT molecular complexity index is 1210. The van der Waals surface area contributed by atoms with Crippen molar-refractivity contribution in [3.8, 4) is 17.1 Å². The summed E-state index contributed by atoms with van der Waals surface area (Å²) in [5, 5.41) is 12.1. The molecule has 1 amide bonds. The van der Waals surface area contributed by atoms with Gasteiger partial charge < -0.3 is 5.32 Å². The third-order valence-corrected chi connectivity index (χ3v) is 5.89. The van der Waals surface area contributed by atoms with Crippen molar-refractivity contribution in [2.75, 3.05) is 5.32 Å². The van der Waals surface area contributed by atoms with Crippen LogP contribution in [0, 0.1) is 13.8 Å². The van der Waals surface area contributed by atoms with Crippen LogP contribution < -0.4 is 5.32 Å². The number of amides is 1. The van der Waals surface area contributed by atoms with Crippen LogP contribution in [0.5, 0.6) is 0 Å². The first kappa shape index (κ1) is 20.8. The van der Waals surface area contributed by atoms with Gasteiger partial charge in [-0.15, -0.1) is 10.2 Å². The fourth-order valence-electron chi connectivity index (χ4n) is 3.24. The van der Waals surface area contributed by atoms with Crippen molar-refractivity contribution in [3.63, 3.8) is 0 Å². The summed E-state index contributed by atoms with van der Waals surface area (Å²) in [4.78, 5) is 17.0. The highest BCUT2D eigenvalue weighted by Crippen LogP contribution is 2.31. The number of para-hydroxylation sites is 1. The molecule has 2 heterocycles. The van der Waals surface area contributed by atoms with Crippen molar-refractivity contribution in [3.05, 3.63) is 84.2 Å². The zero-order valence-corrected chi connectivity index (χ0v) is 18.4. The van der Waals surface area contributed by atoms with Crippen molar-refractivity contribution in [1.82, 2.24) is 19.7 Å². The number of pyridine rings is 1. The fourth-order valence-corrected chi connectivity index (χ4v) is 4.10. The second kappa shape index (κ2) is 9.14. The number of carbonyl (C=O) groups is 1. The van der Waals surface area contributed by atoms with Gasteiger partial charge in [0.05, 0.1) is 10.9 Å². The summed E-state index contributed by atoms with van der Waals surface area (Å²) >= 11 is 1.38. The quantitative estimate of drug-likeness (QED) is 0.434. The normalized spacial score (nSPS) is 11.8. The molecule has 1 atom stereocenters. The minimum atomic E-state index is -0.366. The summed E-state index contributed by atoms with van der Waals surface area (Å²) in [7, 11) is 0. The largest absolute Gasteiger partial charge is 0.325 e. The molecule has 0 radical (unpaired) electrons. The van der Waals surface area contributed by atoms with Crippen LogP contribution in [-0.2, 0) is 4.79 Å². The van der Waals surface area contributed by atoms with Gasteiger partial charge >= 0.3 is 0 Å². The highest BCUT2D eigenvalue weighted by Gasteiger charge is 2.22. The van der Waals surface area contributed by atoms with Crippen LogP contribution >= 0.6 is 11.8 Å². The smallest absolute Gasteiger partial charge is 0.237 e. The standard InChI is InChI=1S/C24H23N5OS/c1-16-8-6-11-20(14-16)26-23(30)18(3)31-24-28-27-22(19-10-7-13-25-15-19)29(24)21-12-5-4-9-17(21)2/h4-15,18H,1-3H3,(H,26,30). The maximum Gasteiger partial charge on any atom is 0.237 e. The second-order valence-electron chi connectivity index (χ2n) is 7.29.